The van der Waals surface area contributed by atoms with Crippen molar-refractivity contribution < 1.29 is 23.9 Å². The van der Waals surface area contributed by atoms with E-state index < -0.39 is 17.9 Å². The fourth-order valence-electron chi connectivity index (χ4n) is 1.36. The molecule has 0 saturated carbocycles. The molecule has 0 atom stereocenters. The number of ketones is 1. The number of ether oxygens (including phenoxy) is 2. The largest absolute Gasteiger partial charge is 0.465 e. The molecule has 0 rings (SSSR count). The molecule has 5 heteroatoms. The Bertz CT molecular complexity index is 254. The molecule has 0 aromatic rings. The Kier molecular flexibility index (Phi) is 8.01. The third kappa shape index (κ3) is 6.04. The number of carbonyl (C=O) groups is 3. The van der Waals surface area contributed by atoms with E-state index in [1.807, 2.05) is 6.92 Å². The van der Waals surface area contributed by atoms with E-state index >= 15 is 0 Å². The standard InChI is InChI=1S/C12H20O5/c1-4-7-9(13)8-10(11(14)16-5-2)12(15)17-6-3/h10H,4-8H2,1-3H3. The number of esters is 2. The summed E-state index contributed by atoms with van der Waals surface area (Å²) in [7, 11) is 0. The van der Waals surface area contributed by atoms with Gasteiger partial charge in [-0.05, 0) is 20.3 Å². The molecule has 0 unspecified atom stereocenters. The summed E-state index contributed by atoms with van der Waals surface area (Å²) in [6.07, 6.45) is 0.915. The van der Waals surface area contributed by atoms with Gasteiger partial charge in [0.15, 0.2) is 5.92 Å². The van der Waals surface area contributed by atoms with Crippen LogP contribution in [0.5, 0.6) is 0 Å². The van der Waals surface area contributed by atoms with Gasteiger partial charge in [-0.2, -0.15) is 0 Å². The van der Waals surface area contributed by atoms with Crippen LogP contribution in [0.4, 0.5) is 0 Å². The second kappa shape index (κ2) is 8.73. The minimum Gasteiger partial charge on any atom is -0.465 e. The fourth-order valence-corrected chi connectivity index (χ4v) is 1.36. The van der Waals surface area contributed by atoms with Crippen LogP contribution in [0.15, 0.2) is 0 Å². The predicted molar refractivity (Wildman–Crippen MR) is 61.3 cm³/mol. The molecular formula is C12H20O5. The van der Waals surface area contributed by atoms with Crippen molar-refractivity contribution in [2.24, 2.45) is 5.92 Å². The SMILES string of the molecule is CCCC(=O)CC(C(=O)OCC)C(=O)OCC. The van der Waals surface area contributed by atoms with Crippen molar-refractivity contribution in [3.63, 3.8) is 0 Å². The molecular weight excluding hydrogens is 224 g/mol. The Balaban J connectivity index is 4.55. The van der Waals surface area contributed by atoms with Crippen molar-refractivity contribution in [3.05, 3.63) is 0 Å². The van der Waals surface area contributed by atoms with Crippen LogP contribution >= 0.6 is 0 Å². The molecule has 0 aromatic heterocycles. The second-order valence-electron chi connectivity index (χ2n) is 3.55. The number of carbonyl (C=O) groups excluding carboxylic acids is 3. The van der Waals surface area contributed by atoms with Gasteiger partial charge in [-0.3, -0.25) is 14.4 Å². The molecule has 0 heterocycles. The minimum absolute atomic E-state index is 0.126. The third-order valence-electron chi connectivity index (χ3n) is 2.10. The predicted octanol–water partition coefficient (Wildman–Crippen LogP) is 1.49. The molecule has 0 spiro atoms. The van der Waals surface area contributed by atoms with Crippen molar-refractivity contribution in [3.8, 4) is 0 Å². The lowest BCUT2D eigenvalue weighted by Crippen LogP contribution is -2.30. The van der Waals surface area contributed by atoms with Gasteiger partial charge < -0.3 is 9.47 Å². The lowest BCUT2D eigenvalue weighted by molar-refractivity contribution is -0.163. The summed E-state index contributed by atoms with van der Waals surface area (Å²) in [5, 5.41) is 0. The minimum atomic E-state index is -1.12. The summed E-state index contributed by atoms with van der Waals surface area (Å²) in [6, 6.07) is 0. The van der Waals surface area contributed by atoms with Gasteiger partial charge in [-0.1, -0.05) is 6.92 Å². The molecule has 0 fully saturated rings. The Morgan fingerprint density at radius 3 is 1.76 bits per heavy atom. The summed E-state index contributed by atoms with van der Waals surface area (Å²) >= 11 is 0. The summed E-state index contributed by atoms with van der Waals surface area (Å²) in [5.41, 5.74) is 0. The van der Waals surface area contributed by atoms with E-state index in [0.29, 0.717) is 12.8 Å². The lowest BCUT2D eigenvalue weighted by atomic mass is 10.0. The number of hydrogen-bond acceptors (Lipinski definition) is 5. The highest BCUT2D eigenvalue weighted by molar-refractivity contribution is 5.99. The molecule has 98 valence electrons. The maximum absolute atomic E-state index is 11.5. The maximum Gasteiger partial charge on any atom is 0.320 e. The maximum atomic E-state index is 11.5. The van der Waals surface area contributed by atoms with E-state index in [-0.39, 0.29) is 25.4 Å². The van der Waals surface area contributed by atoms with E-state index in [1.165, 1.54) is 0 Å². The smallest absolute Gasteiger partial charge is 0.320 e. The Labute approximate surface area is 101 Å². The Morgan fingerprint density at radius 2 is 1.41 bits per heavy atom. The van der Waals surface area contributed by atoms with E-state index in [4.69, 9.17) is 9.47 Å². The topological polar surface area (TPSA) is 69.7 Å². The highest BCUT2D eigenvalue weighted by atomic mass is 16.6. The average Bonchev–Trinajstić information content (AvgIpc) is 2.26. The molecule has 0 radical (unpaired) electrons. The molecule has 0 saturated heterocycles. The van der Waals surface area contributed by atoms with Crippen LogP contribution in [-0.4, -0.2) is 30.9 Å². The van der Waals surface area contributed by atoms with E-state index in [1.54, 1.807) is 13.8 Å². The zero-order chi connectivity index (χ0) is 13.3. The number of Topliss-reactive ketones (excluding diaryl/α,β-unsaturated/α-hetero) is 1. The van der Waals surface area contributed by atoms with Crippen molar-refractivity contribution >= 4 is 17.7 Å². The molecule has 0 aliphatic heterocycles. The molecule has 17 heavy (non-hydrogen) atoms. The van der Waals surface area contributed by atoms with Crippen LogP contribution < -0.4 is 0 Å². The number of rotatable bonds is 8. The van der Waals surface area contributed by atoms with Crippen molar-refractivity contribution in [1.29, 1.82) is 0 Å². The first-order valence-electron chi connectivity index (χ1n) is 5.91. The summed E-state index contributed by atoms with van der Waals surface area (Å²) in [4.78, 5) is 34.5. The molecule has 0 aliphatic carbocycles. The van der Waals surface area contributed by atoms with Crippen molar-refractivity contribution in [1.82, 2.24) is 0 Å². The summed E-state index contributed by atoms with van der Waals surface area (Å²) < 4.78 is 9.52. The van der Waals surface area contributed by atoms with E-state index in [0.717, 1.165) is 0 Å². The first kappa shape index (κ1) is 15.6. The van der Waals surface area contributed by atoms with Crippen LogP contribution in [0.3, 0.4) is 0 Å². The molecule has 5 nitrogen and oxygen atoms in total. The second-order valence-corrected chi connectivity index (χ2v) is 3.55. The number of hydrogen-bond donors (Lipinski definition) is 0. The fraction of sp³-hybridized carbons (Fsp3) is 0.750. The van der Waals surface area contributed by atoms with Gasteiger partial charge in [0.1, 0.15) is 5.78 Å². The van der Waals surface area contributed by atoms with Gasteiger partial charge in [0, 0.05) is 12.8 Å². The van der Waals surface area contributed by atoms with Crippen LogP contribution in [0.1, 0.15) is 40.0 Å². The van der Waals surface area contributed by atoms with Crippen LogP contribution in [0.2, 0.25) is 0 Å². The van der Waals surface area contributed by atoms with Gasteiger partial charge in [-0.25, -0.2) is 0 Å². The van der Waals surface area contributed by atoms with Gasteiger partial charge in [0.25, 0.3) is 0 Å². The molecule has 0 aromatic carbocycles. The summed E-state index contributed by atoms with van der Waals surface area (Å²) in [6.45, 7) is 5.51. The van der Waals surface area contributed by atoms with Gasteiger partial charge in [-0.15, -0.1) is 0 Å². The van der Waals surface area contributed by atoms with Crippen LogP contribution in [-0.2, 0) is 23.9 Å². The van der Waals surface area contributed by atoms with Gasteiger partial charge in [0.2, 0.25) is 0 Å². The van der Waals surface area contributed by atoms with E-state index in [2.05, 4.69) is 0 Å². The van der Waals surface area contributed by atoms with Crippen molar-refractivity contribution in [2.75, 3.05) is 13.2 Å². The first-order valence-corrected chi connectivity index (χ1v) is 5.91. The first-order chi connectivity index (χ1) is 8.06. The highest BCUT2D eigenvalue weighted by Gasteiger charge is 2.31. The van der Waals surface area contributed by atoms with Crippen LogP contribution in [0, 0.1) is 5.92 Å². The highest BCUT2D eigenvalue weighted by Crippen LogP contribution is 2.11. The monoisotopic (exact) mass is 244 g/mol. The Morgan fingerprint density at radius 1 is 0.941 bits per heavy atom. The van der Waals surface area contributed by atoms with Gasteiger partial charge >= 0.3 is 11.9 Å². The Hall–Kier alpha value is -1.39. The molecule has 0 aliphatic rings. The molecule has 0 bridgehead atoms. The third-order valence-corrected chi connectivity index (χ3v) is 2.10. The lowest BCUT2D eigenvalue weighted by Gasteiger charge is -2.13. The van der Waals surface area contributed by atoms with Crippen molar-refractivity contribution in [2.45, 2.75) is 40.0 Å². The zero-order valence-electron chi connectivity index (χ0n) is 10.7. The zero-order valence-corrected chi connectivity index (χ0v) is 10.7. The summed E-state index contributed by atoms with van der Waals surface area (Å²) in [5.74, 6) is -2.61. The van der Waals surface area contributed by atoms with Gasteiger partial charge in [0.05, 0.1) is 13.2 Å². The average molecular weight is 244 g/mol. The molecule has 0 N–H and O–H groups in total. The molecule has 0 amide bonds. The van der Waals surface area contributed by atoms with E-state index in [9.17, 15) is 14.4 Å². The van der Waals surface area contributed by atoms with Crippen LogP contribution in [0.25, 0.3) is 0 Å². The quantitative estimate of drug-likeness (QED) is 0.478. The normalized spacial score (nSPS) is 10.1.